The maximum absolute atomic E-state index is 12.6. The number of nitrogens with zero attached hydrogens (tertiary/aromatic N) is 6. The monoisotopic (exact) mass is 317 g/mol. The fraction of sp³-hybridized carbons (Fsp3) is 0.500. The molecule has 0 radical (unpaired) electrons. The molecule has 0 aromatic carbocycles. The number of rotatable bonds is 3. The summed E-state index contributed by atoms with van der Waals surface area (Å²) in [5, 5.41) is 4.01. The van der Waals surface area contributed by atoms with E-state index in [9.17, 15) is 9.59 Å². The van der Waals surface area contributed by atoms with Gasteiger partial charge in [0, 0.05) is 26.2 Å². The lowest BCUT2D eigenvalue weighted by Crippen LogP contribution is -2.42. The molecule has 1 N–H and O–H groups in total. The van der Waals surface area contributed by atoms with Gasteiger partial charge in [0.25, 0.3) is 5.56 Å². The molecule has 3 heterocycles. The molecular weight excluding hydrogens is 298 g/mol. The van der Waals surface area contributed by atoms with Crippen molar-refractivity contribution in [2.45, 2.75) is 25.9 Å². The fourth-order valence-corrected chi connectivity index (χ4v) is 2.62. The maximum atomic E-state index is 12.6. The minimum absolute atomic E-state index is 0.0605. The van der Waals surface area contributed by atoms with Gasteiger partial charge in [-0.25, -0.2) is 14.6 Å². The van der Waals surface area contributed by atoms with Crippen molar-refractivity contribution in [3.8, 4) is 0 Å². The van der Waals surface area contributed by atoms with Gasteiger partial charge in [-0.2, -0.15) is 5.10 Å². The number of carbonyl (C=O) groups excluding carboxylic acids is 1. The molecule has 3 rings (SSSR count). The van der Waals surface area contributed by atoms with Gasteiger partial charge in [0.05, 0.1) is 12.2 Å². The zero-order chi connectivity index (χ0) is 16.6. The molecule has 1 atom stereocenters. The maximum Gasteiger partial charge on any atom is 0.255 e. The summed E-state index contributed by atoms with van der Waals surface area (Å²) in [6.45, 7) is 2.61. The number of nitrogens with one attached hydrogen (secondary N) is 1. The summed E-state index contributed by atoms with van der Waals surface area (Å²) in [7, 11) is 3.62. The van der Waals surface area contributed by atoms with Crippen molar-refractivity contribution in [3.63, 3.8) is 0 Å². The normalized spacial score (nSPS) is 15.2. The summed E-state index contributed by atoms with van der Waals surface area (Å²) in [6, 6.07) is -0.436. The fourth-order valence-electron chi connectivity index (χ4n) is 2.62. The van der Waals surface area contributed by atoms with Gasteiger partial charge >= 0.3 is 0 Å². The second-order valence-electron chi connectivity index (χ2n) is 5.77. The van der Waals surface area contributed by atoms with Crippen LogP contribution in [0.4, 0.5) is 5.95 Å². The number of fused-ring (bicyclic) bond motifs is 1. The summed E-state index contributed by atoms with van der Waals surface area (Å²) in [5.41, 5.74) is 1.19. The van der Waals surface area contributed by atoms with Crippen molar-refractivity contribution in [1.29, 1.82) is 0 Å². The average Bonchev–Trinajstić information content (AvgIpc) is 3.07. The molecule has 0 spiro atoms. The van der Waals surface area contributed by atoms with Gasteiger partial charge in [-0.15, -0.1) is 0 Å². The summed E-state index contributed by atoms with van der Waals surface area (Å²) < 4.78 is 1.52. The van der Waals surface area contributed by atoms with Crippen molar-refractivity contribution >= 4 is 11.9 Å². The first-order chi connectivity index (χ1) is 11.0. The molecule has 2 aromatic rings. The molecule has 1 aliphatic rings. The van der Waals surface area contributed by atoms with E-state index in [1.54, 1.807) is 16.7 Å². The van der Waals surface area contributed by atoms with E-state index in [1.807, 2.05) is 14.1 Å². The summed E-state index contributed by atoms with van der Waals surface area (Å²) in [5.74, 6) is 0.432. The minimum Gasteiger partial charge on any atom is -0.348 e. The molecule has 1 amide bonds. The molecule has 1 unspecified atom stereocenters. The van der Waals surface area contributed by atoms with Crippen molar-refractivity contribution < 1.29 is 4.79 Å². The Labute approximate surface area is 133 Å². The molecule has 0 aliphatic carbocycles. The number of amides is 1. The summed E-state index contributed by atoms with van der Waals surface area (Å²) >= 11 is 0. The minimum atomic E-state index is -0.436. The Morgan fingerprint density at radius 1 is 1.43 bits per heavy atom. The van der Waals surface area contributed by atoms with Gasteiger partial charge in [0.15, 0.2) is 0 Å². The van der Waals surface area contributed by atoms with Crippen LogP contribution in [0.2, 0.25) is 0 Å². The SMILES string of the molecule is CC(C(=O)N1CCc2c(nc(N(C)C)[nH]c2=O)C1)n1cncn1. The van der Waals surface area contributed by atoms with Crippen LogP contribution in [0.25, 0.3) is 0 Å². The Bertz CT molecular complexity index is 766. The van der Waals surface area contributed by atoms with Gasteiger partial charge < -0.3 is 9.80 Å². The number of hydrogen-bond donors (Lipinski definition) is 1. The van der Waals surface area contributed by atoms with E-state index in [0.717, 1.165) is 0 Å². The van der Waals surface area contributed by atoms with Gasteiger partial charge in [0.2, 0.25) is 11.9 Å². The largest absolute Gasteiger partial charge is 0.348 e. The zero-order valence-electron chi connectivity index (χ0n) is 13.4. The highest BCUT2D eigenvalue weighted by atomic mass is 16.2. The highest BCUT2D eigenvalue weighted by molar-refractivity contribution is 5.80. The Hall–Kier alpha value is -2.71. The molecular formula is C14H19N7O2. The molecule has 23 heavy (non-hydrogen) atoms. The van der Waals surface area contributed by atoms with Crippen LogP contribution in [-0.2, 0) is 17.8 Å². The second-order valence-corrected chi connectivity index (χ2v) is 5.77. The predicted molar refractivity (Wildman–Crippen MR) is 83.0 cm³/mol. The average molecular weight is 317 g/mol. The topological polar surface area (TPSA) is 100 Å². The third-order valence-electron chi connectivity index (χ3n) is 3.99. The van der Waals surface area contributed by atoms with E-state index < -0.39 is 6.04 Å². The van der Waals surface area contributed by atoms with E-state index in [4.69, 9.17) is 0 Å². The number of aromatic nitrogens is 5. The predicted octanol–water partition coefficient (Wildman–Crippen LogP) is -0.427. The van der Waals surface area contributed by atoms with Gasteiger partial charge in [-0.3, -0.25) is 14.6 Å². The highest BCUT2D eigenvalue weighted by Crippen LogP contribution is 2.18. The quantitative estimate of drug-likeness (QED) is 0.825. The van der Waals surface area contributed by atoms with Gasteiger partial charge in [-0.1, -0.05) is 0 Å². The van der Waals surface area contributed by atoms with Crippen LogP contribution < -0.4 is 10.5 Å². The van der Waals surface area contributed by atoms with E-state index >= 15 is 0 Å². The number of hydrogen-bond acceptors (Lipinski definition) is 6. The third kappa shape index (κ3) is 2.81. The van der Waals surface area contributed by atoms with E-state index in [0.29, 0.717) is 36.7 Å². The standard InChI is InChI=1S/C14H19N7O2/c1-9(21-8-15-7-16-21)13(23)20-5-4-10-11(6-20)17-14(19(2)3)18-12(10)22/h7-9H,4-6H2,1-3H3,(H,17,18,22). The molecule has 0 bridgehead atoms. The van der Waals surface area contributed by atoms with Crippen molar-refractivity contribution in [2.24, 2.45) is 0 Å². The summed E-state index contributed by atoms with van der Waals surface area (Å²) in [6.07, 6.45) is 3.43. The van der Waals surface area contributed by atoms with Crippen molar-refractivity contribution in [2.75, 3.05) is 25.5 Å². The smallest absolute Gasteiger partial charge is 0.255 e. The highest BCUT2D eigenvalue weighted by Gasteiger charge is 2.28. The lowest BCUT2D eigenvalue weighted by molar-refractivity contribution is -0.135. The van der Waals surface area contributed by atoms with Crippen LogP contribution in [0, 0.1) is 0 Å². The molecule has 1 aliphatic heterocycles. The van der Waals surface area contributed by atoms with E-state index in [1.165, 1.54) is 17.3 Å². The van der Waals surface area contributed by atoms with Crippen LogP contribution in [0.5, 0.6) is 0 Å². The Kier molecular flexibility index (Phi) is 3.85. The van der Waals surface area contributed by atoms with E-state index in [2.05, 4.69) is 20.1 Å². The first kappa shape index (κ1) is 15.2. The van der Waals surface area contributed by atoms with Crippen LogP contribution in [0.1, 0.15) is 24.2 Å². The number of anilines is 1. The van der Waals surface area contributed by atoms with Gasteiger partial charge in [-0.05, 0) is 13.3 Å². The number of aromatic amines is 1. The van der Waals surface area contributed by atoms with E-state index in [-0.39, 0.29) is 11.5 Å². The second kappa shape index (κ2) is 5.82. The Morgan fingerprint density at radius 3 is 2.87 bits per heavy atom. The van der Waals surface area contributed by atoms with Gasteiger partial charge in [0.1, 0.15) is 18.7 Å². The van der Waals surface area contributed by atoms with Crippen LogP contribution in [0.15, 0.2) is 17.4 Å². The van der Waals surface area contributed by atoms with Crippen LogP contribution in [0.3, 0.4) is 0 Å². The molecule has 2 aromatic heterocycles. The summed E-state index contributed by atoms with van der Waals surface area (Å²) in [4.78, 5) is 39.3. The van der Waals surface area contributed by atoms with Crippen molar-refractivity contribution in [1.82, 2.24) is 29.6 Å². The molecule has 0 saturated carbocycles. The molecule has 122 valence electrons. The molecule has 9 heteroatoms. The molecule has 9 nitrogen and oxygen atoms in total. The van der Waals surface area contributed by atoms with Crippen LogP contribution in [-0.4, -0.2) is 56.2 Å². The lowest BCUT2D eigenvalue weighted by atomic mass is 10.1. The first-order valence-corrected chi connectivity index (χ1v) is 7.39. The first-order valence-electron chi connectivity index (χ1n) is 7.39. The number of carbonyl (C=O) groups is 1. The lowest BCUT2D eigenvalue weighted by Gasteiger charge is -2.30. The Balaban J connectivity index is 1.85. The molecule has 0 saturated heterocycles. The zero-order valence-corrected chi connectivity index (χ0v) is 13.4. The Morgan fingerprint density at radius 2 is 2.22 bits per heavy atom. The molecule has 0 fully saturated rings. The number of H-pyrrole nitrogens is 1. The third-order valence-corrected chi connectivity index (χ3v) is 3.99. The van der Waals surface area contributed by atoms with Crippen LogP contribution >= 0.6 is 0 Å². The van der Waals surface area contributed by atoms with Crippen molar-refractivity contribution in [3.05, 3.63) is 34.3 Å².